The Hall–Kier alpha value is -1.16. The van der Waals surface area contributed by atoms with Crippen molar-refractivity contribution in [1.82, 2.24) is 5.32 Å². The summed E-state index contributed by atoms with van der Waals surface area (Å²) in [6, 6.07) is 6.47. The molecule has 0 bridgehead atoms. The van der Waals surface area contributed by atoms with Gasteiger partial charge in [-0.15, -0.1) is 0 Å². The van der Waals surface area contributed by atoms with Crippen LogP contribution in [0.15, 0.2) is 18.2 Å². The van der Waals surface area contributed by atoms with Crippen molar-refractivity contribution >= 4 is 24.5 Å². The van der Waals surface area contributed by atoms with E-state index in [1.165, 1.54) is 34.7 Å². The Bertz CT molecular complexity index is 510. The molecule has 23 heavy (non-hydrogen) atoms. The van der Waals surface area contributed by atoms with E-state index in [0.717, 1.165) is 18.5 Å². The minimum Gasteiger partial charge on any atom is -0.334 e. The molecule has 0 heterocycles. The number of benzene rings is 1. The lowest BCUT2D eigenvalue weighted by atomic mass is 9.92. The van der Waals surface area contributed by atoms with Crippen molar-refractivity contribution in [2.75, 3.05) is 4.31 Å². The Morgan fingerprint density at radius 2 is 1.61 bits per heavy atom. The minimum atomic E-state index is -0.102. The van der Waals surface area contributed by atoms with Gasteiger partial charge in [-0.25, -0.2) is 9.10 Å². The average Bonchev–Trinajstić information content (AvgIpc) is 2.54. The summed E-state index contributed by atoms with van der Waals surface area (Å²) in [6.07, 6.45) is 5.85. The second-order valence-corrected chi connectivity index (χ2v) is 7.59. The highest BCUT2D eigenvalue weighted by atomic mass is 32.1. The van der Waals surface area contributed by atoms with Gasteiger partial charge in [0.2, 0.25) is 0 Å². The molecular formula is C19H30N2OS. The number of rotatable bonds is 4. The zero-order valence-corrected chi connectivity index (χ0v) is 15.7. The topological polar surface area (TPSA) is 32.3 Å². The number of hydrogen-bond acceptors (Lipinski definition) is 2. The summed E-state index contributed by atoms with van der Waals surface area (Å²) < 4.78 is 1.53. The van der Waals surface area contributed by atoms with Crippen molar-refractivity contribution in [2.24, 2.45) is 0 Å². The normalized spacial score (nSPS) is 16.0. The maximum atomic E-state index is 12.7. The van der Waals surface area contributed by atoms with Crippen molar-refractivity contribution in [1.29, 1.82) is 0 Å². The first-order valence-electron chi connectivity index (χ1n) is 8.84. The number of hydrogen-bond donors (Lipinski definition) is 2. The monoisotopic (exact) mass is 334 g/mol. The van der Waals surface area contributed by atoms with Gasteiger partial charge in [0.25, 0.3) is 0 Å². The molecule has 2 amide bonds. The van der Waals surface area contributed by atoms with Gasteiger partial charge >= 0.3 is 6.03 Å². The molecule has 0 spiro atoms. The Morgan fingerprint density at radius 3 is 2.09 bits per heavy atom. The third-order valence-electron chi connectivity index (χ3n) is 4.68. The van der Waals surface area contributed by atoms with Crippen LogP contribution in [-0.4, -0.2) is 12.1 Å². The summed E-state index contributed by atoms with van der Waals surface area (Å²) in [5, 5.41) is 3.16. The van der Waals surface area contributed by atoms with Gasteiger partial charge in [-0.3, -0.25) is 0 Å². The molecular weight excluding hydrogens is 304 g/mol. The molecule has 0 aliphatic heterocycles. The van der Waals surface area contributed by atoms with Gasteiger partial charge in [-0.1, -0.05) is 78.0 Å². The number of nitrogens with zero attached hydrogens (tertiary/aromatic N) is 1. The maximum absolute atomic E-state index is 12.7. The van der Waals surface area contributed by atoms with E-state index in [1.54, 1.807) is 0 Å². The van der Waals surface area contributed by atoms with Crippen LogP contribution in [-0.2, 0) is 0 Å². The van der Waals surface area contributed by atoms with Crippen LogP contribution >= 0.6 is 12.8 Å². The highest BCUT2D eigenvalue weighted by Gasteiger charge is 2.24. The van der Waals surface area contributed by atoms with E-state index in [1.807, 2.05) is 0 Å². The molecule has 1 aliphatic carbocycles. The molecule has 1 aromatic rings. The summed E-state index contributed by atoms with van der Waals surface area (Å²) in [5.74, 6) is 0.696. The second-order valence-electron chi connectivity index (χ2n) is 7.19. The molecule has 0 radical (unpaired) electrons. The number of thiol groups is 1. The maximum Gasteiger partial charge on any atom is 0.332 e. The van der Waals surface area contributed by atoms with Crippen LogP contribution in [0.2, 0.25) is 0 Å². The third-order valence-corrected chi connectivity index (χ3v) is 5.06. The van der Waals surface area contributed by atoms with Crippen molar-refractivity contribution in [3.63, 3.8) is 0 Å². The molecule has 1 aliphatic rings. The van der Waals surface area contributed by atoms with E-state index in [4.69, 9.17) is 0 Å². The lowest BCUT2D eigenvalue weighted by molar-refractivity contribution is 0.242. The largest absolute Gasteiger partial charge is 0.334 e. The number of para-hydroxylation sites is 1. The smallest absolute Gasteiger partial charge is 0.332 e. The molecule has 1 saturated carbocycles. The van der Waals surface area contributed by atoms with Gasteiger partial charge in [0.15, 0.2) is 0 Å². The molecule has 2 rings (SSSR count). The number of anilines is 1. The summed E-state index contributed by atoms with van der Waals surface area (Å²) >= 11 is 4.56. The van der Waals surface area contributed by atoms with Crippen LogP contribution in [0.3, 0.4) is 0 Å². The van der Waals surface area contributed by atoms with Crippen LogP contribution in [0.25, 0.3) is 0 Å². The van der Waals surface area contributed by atoms with Gasteiger partial charge < -0.3 is 5.32 Å². The average molecular weight is 335 g/mol. The highest BCUT2D eigenvalue weighted by molar-refractivity contribution is 7.82. The van der Waals surface area contributed by atoms with Crippen molar-refractivity contribution in [3.05, 3.63) is 29.3 Å². The predicted molar refractivity (Wildman–Crippen MR) is 101 cm³/mol. The molecule has 0 aromatic heterocycles. The Labute approximate surface area is 146 Å². The van der Waals surface area contributed by atoms with Crippen LogP contribution in [0.5, 0.6) is 0 Å². The number of nitrogens with one attached hydrogen (secondary N) is 1. The lowest BCUT2D eigenvalue weighted by Crippen LogP contribution is -2.42. The summed E-state index contributed by atoms with van der Waals surface area (Å²) in [4.78, 5) is 12.7. The molecule has 1 aromatic carbocycles. The van der Waals surface area contributed by atoms with Crippen LogP contribution in [0, 0.1) is 0 Å². The van der Waals surface area contributed by atoms with E-state index in [2.05, 4.69) is 64.0 Å². The Kier molecular flexibility index (Phi) is 6.40. The standard InChI is InChI=1S/C19H30N2OS/c1-13(2)16-11-8-12-17(14(3)4)18(16)21(23)19(22)20-15-9-6-5-7-10-15/h8,11-15,23H,5-7,9-10H2,1-4H3,(H,20,22). The first-order valence-corrected chi connectivity index (χ1v) is 9.24. The fourth-order valence-corrected chi connectivity index (χ4v) is 3.63. The summed E-state index contributed by atoms with van der Waals surface area (Å²) in [7, 11) is 0. The zero-order valence-electron chi connectivity index (χ0n) is 14.8. The first kappa shape index (κ1) is 18.2. The number of urea groups is 1. The first-order chi connectivity index (χ1) is 10.9. The lowest BCUT2D eigenvalue weighted by Gasteiger charge is -2.29. The van der Waals surface area contributed by atoms with E-state index < -0.39 is 0 Å². The van der Waals surface area contributed by atoms with Crippen LogP contribution in [0.4, 0.5) is 10.5 Å². The molecule has 0 saturated heterocycles. The number of amides is 2. The predicted octanol–water partition coefficient (Wildman–Crippen LogP) is 5.63. The fraction of sp³-hybridized carbons (Fsp3) is 0.632. The Balaban J connectivity index is 2.25. The van der Waals surface area contributed by atoms with Crippen LogP contribution in [0.1, 0.15) is 82.8 Å². The SMILES string of the molecule is CC(C)c1cccc(C(C)C)c1N(S)C(=O)NC1CCCCC1. The van der Waals surface area contributed by atoms with Gasteiger partial charge in [0.1, 0.15) is 0 Å². The molecule has 3 nitrogen and oxygen atoms in total. The molecule has 0 atom stereocenters. The molecule has 1 N–H and O–H groups in total. The minimum absolute atomic E-state index is 0.102. The van der Waals surface area contributed by atoms with Gasteiger partial charge in [-0.2, -0.15) is 0 Å². The van der Waals surface area contributed by atoms with Gasteiger partial charge in [0, 0.05) is 6.04 Å². The van der Waals surface area contributed by atoms with Gasteiger partial charge in [0.05, 0.1) is 5.69 Å². The van der Waals surface area contributed by atoms with E-state index in [9.17, 15) is 4.79 Å². The summed E-state index contributed by atoms with van der Waals surface area (Å²) in [5.41, 5.74) is 3.30. The third kappa shape index (κ3) is 4.43. The molecule has 128 valence electrons. The molecule has 4 heteroatoms. The zero-order chi connectivity index (χ0) is 17.0. The van der Waals surface area contributed by atoms with E-state index >= 15 is 0 Å². The van der Waals surface area contributed by atoms with E-state index in [0.29, 0.717) is 17.9 Å². The van der Waals surface area contributed by atoms with Crippen molar-refractivity contribution in [2.45, 2.75) is 77.7 Å². The quantitative estimate of drug-likeness (QED) is 0.687. The summed E-state index contributed by atoms with van der Waals surface area (Å²) in [6.45, 7) is 8.63. The number of carbonyl (C=O) groups excluding carboxylic acids is 1. The van der Waals surface area contributed by atoms with Gasteiger partial charge in [-0.05, 0) is 35.8 Å². The second kappa shape index (κ2) is 8.09. The Morgan fingerprint density at radius 1 is 1.09 bits per heavy atom. The van der Waals surface area contributed by atoms with Crippen LogP contribution < -0.4 is 9.62 Å². The fourth-order valence-electron chi connectivity index (χ4n) is 3.34. The molecule has 1 fully saturated rings. The number of carbonyl (C=O) groups is 1. The van der Waals surface area contributed by atoms with Crippen molar-refractivity contribution < 1.29 is 4.79 Å². The highest BCUT2D eigenvalue weighted by Crippen LogP contribution is 2.36. The molecule has 0 unspecified atom stereocenters. The van der Waals surface area contributed by atoms with E-state index in [-0.39, 0.29) is 6.03 Å². The van der Waals surface area contributed by atoms with Crippen molar-refractivity contribution in [3.8, 4) is 0 Å².